The molecule has 1 aliphatic rings. The Kier molecular flexibility index (Phi) is 7.20. The Morgan fingerprint density at radius 2 is 1.93 bits per heavy atom. The Balaban J connectivity index is 2.25. The maximum Gasteiger partial charge on any atom is 0.258 e. The van der Waals surface area contributed by atoms with Crippen molar-refractivity contribution in [1.82, 2.24) is 15.3 Å². The van der Waals surface area contributed by atoms with Crippen molar-refractivity contribution in [2.24, 2.45) is 0 Å². The molecule has 1 N–H and O–H groups in total. The zero-order valence-electron chi connectivity index (χ0n) is 17.4. The van der Waals surface area contributed by atoms with Gasteiger partial charge in [-0.2, -0.15) is 4.98 Å². The fourth-order valence-corrected chi connectivity index (χ4v) is 3.43. The standard InChI is InChI=1S/C20H31N3O4S/c1-14(11-12-28(5,25)26)22-17(24)16-13-21-19(20(2,3)4)23-18(16)27-15-9-7-6-8-10-15/h11-15H,6-10H2,1-5H3,(H,22,24). The van der Waals surface area contributed by atoms with Crippen LogP contribution in [-0.4, -0.2) is 42.7 Å². The van der Waals surface area contributed by atoms with Gasteiger partial charge in [-0.15, -0.1) is 0 Å². The van der Waals surface area contributed by atoms with Crippen LogP contribution >= 0.6 is 0 Å². The number of hydrogen-bond acceptors (Lipinski definition) is 6. The zero-order valence-corrected chi connectivity index (χ0v) is 18.2. The second-order valence-electron chi connectivity index (χ2n) is 8.46. The number of amides is 1. The molecule has 1 heterocycles. The van der Waals surface area contributed by atoms with Crippen molar-refractivity contribution < 1.29 is 17.9 Å². The molecule has 1 amide bonds. The van der Waals surface area contributed by atoms with E-state index < -0.39 is 21.8 Å². The van der Waals surface area contributed by atoms with Crippen molar-refractivity contribution in [1.29, 1.82) is 0 Å². The van der Waals surface area contributed by atoms with Gasteiger partial charge in [0.2, 0.25) is 5.88 Å². The highest BCUT2D eigenvalue weighted by Crippen LogP contribution is 2.27. The number of aromatic nitrogens is 2. The SMILES string of the molecule is CC(C=CS(C)(=O)=O)NC(=O)c1cnc(C(C)(C)C)nc1OC1CCCCC1. The highest BCUT2D eigenvalue weighted by molar-refractivity contribution is 7.93. The first kappa shape index (κ1) is 22.3. The highest BCUT2D eigenvalue weighted by Gasteiger charge is 2.25. The van der Waals surface area contributed by atoms with Gasteiger partial charge in [-0.3, -0.25) is 4.79 Å². The van der Waals surface area contributed by atoms with Gasteiger partial charge in [0, 0.05) is 29.3 Å². The van der Waals surface area contributed by atoms with Gasteiger partial charge in [0.1, 0.15) is 17.5 Å². The van der Waals surface area contributed by atoms with Crippen LogP contribution in [0.25, 0.3) is 0 Å². The Hall–Kier alpha value is -1.96. The van der Waals surface area contributed by atoms with E-state index in [0.717, 1.165) is 37.3 Å². The third-order valence-corrected chi connectivity index (χ3v) is 5.12. The Morgan fingerprint density at radius 3 is 2.50 bits per heavy atom. The first-order valence-electron chi connectivity index (χ1n) is 9.69. The molecule has 1 aromatic rings. The fraction of sp³-hybridized carbons (Fsp3) is 0.650. The molecule has 28 heavy (non-hydrogen) atoms. The number of ether oxygens (including phenoxy) is 1. The van der Waals surface area contributed by atoms with Crippen LogP contribution in [0.5, 0.6) is 5.88 Å². The predicted molar refractivity (Wildman–Crippen MR) is 109 cm³/mol. The van der Waals surface area contributed by atoms with E-state index in [-0.39, 0.29) is 17.1 Å². The summed E-state index contributed by atoms with van der Waals surface area (Å²) in [5.41, 5.74) is -0.0104. The second kappa shape index (κ2) is 9.03. The summed E-state index contributed by atoms with van der Waals surface area (Å²) in [4.78, 5) is 21.6. The van der Waals surface area contributed by atoms with Gasteiger partial charge >= 0.3 is 0 Å². The van der Waals surface area contributed by atoms with Crippen LogP contribution < -0.4 is 10.1 Å². The van der Waals surface area contributed by atoms with Crippen molar-refractivity contribution in [2.45, 2.75) is 77.4 Å². The summed E-state index contributed by atoms with van der Waals surface area (Å²) < 4.78 is 28.6. The smallest absolute Gasteiger partial charge is 0.258 e. The van der Waals surface area contributed by atoms with Crippen LogP contribution in [0.3, 0.4) is 0 Å². The third kappa shape index (κ3) is 6.89. The molecule has 8 heteroatoms. The maximum atomic E-state index is 12.7. The maximum absolute atomic E-state index is 12.7. The van der Waals surface area contributed by atoms with Crippen molar-refractivity contribution in [3.8, 4) is 5.88 Å². The zero-order chi connectivity index (χ0) is 20.9. The molecule has 0 aromatic carbocycles. The molecule has 0 saturated heterocycles. The largest absolute Gasteiger partial charge is 0.474 e. The summed E-state index contributed by atoms with van der Waals surface area (Å²) >= 11 is 0. The topological polar surface area (TPSA) is 98.2 Å². The molecule has 1 fully saturated rings. The number of rotatable bonds is 6. The molecular formula is C20H31N3O4S. The van der Waals surface area contributed by atoms with E-state index >= 15 is 0 Å². The van der Waals surface area contributed by atoms with Crippen molar-refractivity contribution >= 4 is 15.7 Å². The second-order valence-corrected chi connectivity index (χ2v) is 10.4. The van der Waals surface area contributed by atoms with Crippen LogP contribution in [0.1, 0.15) is 76.0 Å². The molecule has 2 rings (SSSR count). The van der Waals surface area contributed by atoms with Crippen LogP contribution in [0, 0.1) is 0 Å². The normalized spacial score (nSPS) is 17.5. The molecule has 0 bridgehead atoms. The van der Waals surface area contributed by atoms with Crippen LogP contribution in [0.2, 0.25) is 0 Å². The van der Waals surface area contributed by atoms with Gasteiger partial charge in [0.25, 0.3) is 5.91 Å². The average Bonchev–Trinajstić information content (AvgIpc) is 2.59. The molecule has 1 aromatic heterocycles. The minimum atomic E-state index is -3.25. The molecule has 1 aliphatic carbocycles. The highest BCUT2D eigenvalue weighted by atomic mass is 32.2. The van der Waals surface area contributed by atoms with Gasteiger partial charge in [-0.05, 0) is 32.6 Å². The van der Waals surface area contributed by atoms with E-state index in [1.165, 1.54) is 18.7 Å². The van der Waals surface area contributed by atoms with Gasteiger partial charge in [-0.1, -0.05) is 33.3 Å². The predicted octanol–water partition coefficient (Wildman–Crippen LogP) is 3.16. The number of carbonyl (C=O) groups is 1. The monoisotopic (exact) mass is 409 g/mol. The van der Waals surface area contributed by atoms with E-state index in [1.54, 1.807) is 6.92 Å². The molecule has 1 unspecified atom stereocenters. The lowest BCUT2D eigenvalue weighted by Gasteiger charge is -2.25. The summed E-state index contributed by atoms with van der Waals surface area (Å²) in [5, 5.41) is 3.83. The first-order valence-corrected chi connectivity index (χ1v) is 11.6. The molecule has 156 valence electrons. The minimum absolute atomic E-state index is 0.0468. The average molecular weight is 410 g/mol. The molecule has 0 radical (unpaired) electrons. The van der Waals surface area contributed by atoms with E-state index in [0.29, 0.717) is 11.7 Å². The van der Waals surface area contributed by atoms with Crippen LogP contribution in [-0.2, 0) is 15.3 Å². The number of sulfone groups is 1. The summed E-state index contributed by atoms with van der Waals surface area (Å²) in [6.45, 7) is 7.71. The third-order valence-electron chi connectivity index (χ3n) is 4.47. The van der Waals surface area contributed by atoms with Crippen molar-refractivity contribution in [2.75, 3.05) is 6.26 Å². The minimum Gasteiger partial charge on any atom is -0.474 e. The van der Waals surface area contributed by atoms with Crippen molar-refractivity contribution in [3.05, 3.63) is 29.1 Å². The molecule has 0 spiro atoms. The number of carbonyl (C=O) groups excluding carboxylic acids is 1. The lowest BCUT2D eigenvalue weighted by atomic mass is 9.95. The van der Waals surface area contributed by atoms with Crippen LogP contribution in [0.4, 0.5) is 0 Å². The van der Waals surface area contributed by atoms with E-state index in [2.05, 4.69) is 15.3 Å². The quantitative estimate of drug-likeness (QED) is 0.775. The summed E-state index contributed by atoms with van der Waals surface area (Å²) in [5.74, 6) is 0.514. The fourth-order valence-electron chi connectivity index (χ4n) is 2.91. The van der Waals surface area contributed by atoms with Gasteiger partial charge in [-0.25, -0.2) is 13.4 Å². The molecule has 1 atom stereocenters. The van der Waals surface area contributed by atoms with E-state index in [1.807, 2.05) is 20.8 Å². The molecule has 7 nitrogen and oxygen atoms in total. The Labute approximate surface area is 167 Å². The van der Waals surface area contributed by atoms with Gasteiger partial charge < -0.3 is 10.1 Å². The molecule has 0 aliphatic heterocycles. The van der Waals surface area contributed by atoms with Gasteiger partial charge in [0.05, 0.1) is 0 Å². The Bertz CT molecular complexity index is 822. The Morgan fingerprint density at radius 1 is 1.29 bits per heavy atom. The molecular weight excluding hydrogens is 378 g/mol. The summed E-state index contributed by atoms with van der Waals surface area (Å²) in [6, 6.07) is -0.466. The number of nitrogens with zero attached hydrogens (tertiary/aromatic N) is 2. The van der Waals surface area contributed by atoms with Gasteiger partial charge in [0.15, 0.2) is 9.84 Å². The number of nitrogens with one attached hydrogen (secondary N) is 1. The van der Waals surface area contributed by atoms with E-state index in [4.69, 9.17) is 4.74 Å². The summed E-state index contributed by atoms with van der Waals surface area (Å²) in [7, 11) is -3.25. The lowest BCUT2D eigenvalue weighted by molar-refractivity contribution is 0.0930. The number of hydrogen-bond donors (Lipinski definition) is 1. The first-order chi connectivity index (χ1) is 13.0. The van der Waals surface area contributed by atoms with Crippen LogP contribution in [0.15, 0.2) is 17.7 Å². The van der Waals surface area contributed by atoms with Crippen molar-refractivity contribution in [3.63, 3.8) is 0 Å². The van der Waals surface area contributed by atoms with E-state index in [9.17, 15) is 13.2 Å². The summed E-state index contributed by atoms with van der Waals surface area (Å²) in [6.07, 6.45) is 9.39. The lowest BCUT2D eigenvalue weighted by Crippen LogP contribution is -2.33. The molecule has 1 saturated carbocycles.